The van der Waals surface area contributed by atoms with Crippen molar-refractivity contribution in [3.05, 3.63) is 50.9 Å². The number of nitrogens with one attached hydrogen (secondary N) is 1. The third-order valence-corrected chi connectivity index (χ3v) is 4.57. The Morgan fingerprint density at radius 3 is 2.74 bits per heavy atom. The van der Waals surface area contributed by atoms with Crippen LogP contribution in [0, 0.1) is 6.92 Å². The number of nitrogens with zero attached hydrogens (tertiary/aromatic N) is 3. The molecule has 0 fully saturated rings. The molecule has 0 radical (unpaired) electrons. The molecule has 23 heavy (non-hydrogen) atoms. The zero-order chi connectivity index (χ0) is 15.9. The van der Waals surface area contributed by atoms with E-state index in [1.165, 1.54) is 4.88 Å². The number of rotatable bonds is 5. The summed E-state index contributed by atoms with van der Waals surface area (Å²) in [6, 6.07) is 7.89. The van der Waals surface area contributed by atoms with Gasteiger partial charge in [-0.2, -0.15) is 0 Å². The molecule has 0 aliphatic carbocycles. The standard InChI is InChI=1S/C16H21ClN4S.HI/c1-4-18-16(19-9-15-12(2)20-11-22-15)21(3)10-13-7-5-6-8-14(13)17;/h5-8,11H,4,9-10H2,1-3H3,(H,18,19);1H. The number of hydrogen-bond donors (Lipinski definition) is 1. The molecule has 0 aliphatic rings. The van der Waals surface area contributed by atoms with Gasteiger partial charge in [-0.25, -0.2) is 9.98 Å². The molecule has 0 atom stereocenters. The van der Waals surface area contributed by atoms with Gasteiger partial charge in [0, 0.05) is 30.0 Å². The third kappa shape index (κ3) is 5.93. The molecule has 0 saturated carbocycles. The third-order valence-electron chi connectivity index (χ3n) is 3.28. The normalized spacial score (nSPS) is 11.0. The first-order chi connectivity index (χ1) is 10.6. The van der Waals surface area contributed by atoms with E-state index in [9.17, 15) is 0 Å². The van der Waals surface area contributed by atoms with E-state index in [2.05, 4.69) is 22.1 Å². The predicted octanol–water partition coefficient (Wildman–Crippen LogP) is 4.32. The van der Waals surface area contributed by atoms with Gasteiger partial charge in [0.15, 0.2) is 5.96 Å². The molecule has 126 valence electrons. The number of guanidine groups is 1. The van der Waals surface area contributed by atoms with E-state index in [-0.39, 0.29) is 24.0 Å². The Labute approximate surface area is 164 Å². The van der Waals surface area contributed by atoms with Crippen LogP contribution in [0.5, 0.6) is 0 Å². The molecular weight excluding hydrogens is 443 g/mol. The molecular formula is C16H22ClIN4S. The number of benzene rings is 1. The zero-order valence-electron chi connectivity index (χ0n) is 13.5. The summed E-state index contributed by atoms with van der Waals surface area (Å²) in [4.78, 5) is 12.2. The van der Waals surface area contributed by atoms with E-state index in [1.807, 2.05) is 43.7 Å². The number of aromatic nitrogens is 1. The van der Waals surface area contributed by atoms with E-state index >= 15 is 0 Å². The van der Waals surface area contributed by atoms with Gasteiger partial charge in [0.1, 0.15) is 0 Å². The first-order valence-electron chi connectivity index (χ1n) is 7.23. The van der Waals surface area contributed by atoms with Gasteiger partial charge in [0.2, 0.25) is 0 Å². The number of thiazole rings is 1. The highest BCUT2D eigenvalue weighted by Crippen LogP contribution is 2.17. The minimum absolute atomic E-state index is 0. The molecule has 1 N–H and O–H groups in total. The van der Waals surface area contributed by atoms with Crippen LogP contribution in [-0.2, 0) is 13.1 Å². The molecule has 4 nitrogen and oxygen atoms in total. The van der Waals surface area contributed by atoms with E-state index in [1.54, 1.807) is 11.3 Å². The van der Waals surface area contributed by atoms with Crippen LogP contribution in [0.15, 0.2) is 34.8 Å². The van der Waals surface area contributed by atoms with Crippen LogP contribution in [0.2, 0.25) is 5.02 Å². The molecule has 0 amide bonds. The summed E-state index contributed by atoms with van der Waals surface area (Å²) in [6.07, 6.45) is 0. The summed E-state index contributed by atoms with van der Waals surface area (Å²) in [5, 5.41) is 4.10. The Hall–Kier alpha value is -0.860. The zero-order valence-corrected chi connectivity index (χ0v) is 17.4. The van der Waals surface area contributed by atoms with Gasteiger partial charge >= 0.3 is 0 Å². The lowest BCUT2D eigenvalue weighted by atomic mass is 10.2. The van der Waals surface area contributed by atoms with Crippen LogP contribution in [0.1, 0.15) is 23.1 Å². The first kappa shape index (κ1) is 20.2. The first-order valence-corrected chi connectivity index (χ1v) is 8.49. The van der Waals surface area contributed by atoms with Crippen molar-refractivity contribution in [1.29, 1.82) is 0 Å². The summed E-state index contributed by atoms with van der Waals surface area (Å²) in [5.41, 5.74) is 4.00. The second-order valence-corrected chi connectivity index (χ2v) is 6.33. The maximum absolute atomic E-state index is 6.24. The largest absolute Gasteiger partial charge is 0.357 e. The van der Waals surface area contributed by atoms with Crippen LogP contribution in [0.3, 0.4) is 0 Å². The van der Waals surface area contributed by atoms with Crippen LogP contribution >= 0.6 is 46.9 Å². The van der Waals surface area contributed by atoms with Gasteiger partial charge in [-0.1, -0.05) is 29.8 Å². The van der Waals surface area contributed by atoms with Crippen LogP contribution in [0.4, 0.5) is 0 Å². The lowest BCUT2D eigenvalue weighted by Gasteiger charge is -2.22. The monoisotopic (exact) mass is 464 g/mol. The molecule has 0 bridgehead atoms. The maximum Gasteiger partial charge on any atom is 0.194 e. The summed E-state index contributed by atoms with van der Waals surface area (Å²) < 4.78 is 0. The van der Waals surface area contributed by atoms with Crippen molar-refractivity contribution >= 4 is 52.9 Å². The van der Waals surface area contributed by atoms with Gasteiger partial charge in [-0.3, -0.25) is 0 Å². The fourth-order valence-corrected chi connectivity index (χ4v) is 2.95. The minimum atomic E-state index is 0. The lowest BCUT2D eigenvalue weighted by Crippen LogP contribution is -2.38. The molecule has 1 aromatic heterocycles. The maximum atomic E-state index is 6.24. The van der Waals surface area contributed by atoms with Crippen LogP contribution in [-0.4, -0.2) is 29.4 Å². The fraction of sp³-hybridized carbons (Fsp3) is 0.375. The summed E-state index contributed by atoms with van der Waals surface area (Å²) in [7, 11) is 2.02. The molecule has 0 saturated heterocycles. The summed E-state index contributed by atoms with van der Waals surface area (Å²) in [6.45, 7) is 6.27. The second kappa shape index (κ2) is 10.1. The highest BCUT2D eigenvalue weighted by atomic mass is 127. The topological polar surface area (TPSA) is 40.5 Å². The molecule has 7 heteroatoms. The lowest BCUT2D eigenvalue weighted by molar-refractivity contribution is 0.477. The Bertz CT molecular complexity index is 645. The predicted molar refractivity (Wildman–Crippen MR) is 110 cm³/mol. The van der Waals surface area contributed by atoms with Crippen molar-refractivity contribution in [2.75, 3.05) is 13.6 Å². The molecule has 0 aliphatic heterocycles. The van der Waals surface area contributed by atoms with Gasteiger partial charge in [0.05, 0.1) is 17.7 Å². The number of aliphatic imine (C=N–C) groups is 1. The van der Waals surface area contributed by atoms with E-state index in [0.717, 1.165) is 28.8 Å². The van der Waals surface area contributed by atoms with Gasteiger partial charge < -0.3 is 10.2 Å². The Morgan fingerprint density at radius 1 is 1.39 bits per heavy atom. The molecule has 0 unspecified atom stereocenters. The molecule has 2 rings (SSSR count). The Kier molecular flexibility index (Phi) is 8.86. The van der Waals surface area contributed by atoms with Crippen molar-refractivity contribution in [2.24, 2.45) is 4.99 Å². The smallest absolute Gasteiger partial charge is 0.194 e. The van der Waals surface area contributed by atoms with Gasteiger partial charge in [-0.15, -0.1) is 35.3 Å². The van der Waals surface area contributed by atoms with Crippen molar-refractivity contribution in [3.8, 4) is 0 Å². The number of hydrogen-bond acceptors (Lipinski definition) is 3. The Balaban J connectivity index is 0.00000264. The van der Waals surface area contributed by atoms with Gasteiger partial charge in [-0.05, 0) is 25.5 Å². The van der Waals surface area contributed by atoms with Crippen molar-refractivity contribution in [3.63, 3.8) is 0 Å². The Morgan fingerprint density at radius 2 is 2.13 bits per heavy atom. The molecule has 1 aromatic carbocycles. The highest BCUT2D eigenvalue weighted by Gasteiger charge is 2.09. The highest BCUT2D eigenvalue weighted by molar-refractivity contribution is 14.0. The SMILES string of the molecule is CCNC(=NCc1scnc1C)N(C)Cc1ccccc1Cl.I. The van der Waals surface area contributed by atoms with E-state index < -0.39 is 0 Å². The molecule has 0 spiro atoms. The number of halogens is 2. The van der Waals surface area contributed by atoms with Crippen molar-refractivity contribution in [2.45, 2.75) is 26.9 Å². The quantitative estimate of drug-likeness (QED) is 0.407. The van der Waals surface area contributed by atoms with Crippen molar-refractivity contribution < 1.29 is 0 Å². The average molecular weight is 465 g/mol. The summed E-state index contributed by atoms with van der Waals surface area (Å²) in [5.74, 6) is 0.871. The molecule has 2 aromatic rings. The van der Waals surface area contributed by atoms with Crippen molar-refractivity contribution in [1.82, 2.24) is 15.2 Å². The number of aryl methyl sites for hydroxylation is 1. The molecule has 1 heterocycles. The van der Waals surface area contributed by atoms with E-state index in [4.69, 9.17) is 16.6 Å². The summed E-state index contributed by atoms with van der Waals surface area (Å²) >= 11 is 7.88. The van der Waals surface area contributed by atoms with E-state index in [0.29, 0.717) is 13.1 Å². The average Bonchev–Trinajstić information content (AvgIpc) is 2.91. The second-order valence-electron chi connectivity index (χ2n) is 4.98. The minimum Gasteiger partial charge on any atom is -0.357 e. The van der Waals surface area contributed by atoms with Crippen LogP contribution < -0.4 is 5.32 Å². The fourth-order valence-electron chi connectivity index (χ4n) is 2.05. The van der Waals surface area contributed by atoms with Crippen LogP contribution in [0.25, 0.3) is 0 Å². The van der Waals surface area contributed by atoms with Gasteiger partial charge in [0.25, 0.3) is 0 Å².